The first-order chi connectivity index (χ1) is 21.8. The van der Waals surface area contributed by atoms with Gasteiger partial charge in [0, 0.05) is 35.8 Å². The predicted molar refractivity (Wildman–Crippen MR) is 175 cm³/mol. The minimum atomic E-state index is -0.584. The van der Waals surface area contributed by atoms with Gasteiger partial charge in [0.05, 0.1) is 18.8 Å². The van der Waals surface area contributed by atoms with E-state index in [0.717, 1.165) is 65.9 Å². The van der Waals surface area contributed by atoms with E-state index >= 15 is 0 Å². The molecule has 3 aromatic carbocycles. The van der Waals surface area contributed by atoms with Crippen molar-refractivity contribution < 1.29 is 19.4 Å². The predicted octanol–water partition coefficient (Wildman–Crippen LogP) is 7.51. The third kappa shape index (κ3) is 6.82. The first-order valence-electron chi connectivity index (χ1n) is 16.8. The Labute approximate surface area is 267 Å². The third-order valence-corrected chi connectivity index (χ3v) is 10.9. The second-order valence-electron chi connectivity index (χ2n) is 14.3. The summed E-state index contributed by atoms with van der Waals surface area (Å²) in [5.41, 5.74) is 4.78. The number of carbonyl (C=O) groups excluding carboxylic acids is 1. The Morgan fingerprint density at radius 3 is 2.24 bits per heavy atom. The second kappa shape index (κ2) is 12.9. The van der Waals surface area contributed by atoms with Crippen molar-refractivity contribution in [2.24, 2.45) is 17.8 Å². The van der Waals surface area contributed by atoms with E-state index in [2.05, 4.69) is 53.8 Å². The van der Waals surface area contributed by atoms with Gasteiger partial charge in [-0.05, 0) is 99.1 Å². The summed E-state index contributed by atoms with van der Waals surface area (Å²) >= 11 is 0. The van der Waals surface area contributed by atoms with E-state index in [1.807, 2.05) is 54.6 Å². The second-order valence-corrected chi connectivity index (χ2v) is 14.3. The van der Waals surface area contributed by atoms with Crippen LogP contribution in [0.25, 0.3) is 0 Å². The minimum Gasteiger partial charge on any atom is -0.392 e. The van der Waals surface area contributed by atoms with Crippen LogP contribution in [0.4, 0.5) is 10.5 Å². The quantitative estimate of drug-likeness (QED) is 0.234. The van der Waals surface area contributed by atoms with Crippen LogP contribution in [0.2, 0.25) is 0 Å². The number of amides is 2. The Kier molecular flexibility index (Phi) is 8.71. The molecule has 0 spiro atoms. The minimum absolute atomic E-state index is 0.0125. The summed E-state index contributed by atoms with van der Waals surface area (Å²) in [6, 6.07) is 26.5. The SMILES string of the molecule is CC(c1ccccc1)N(C)CC1CC(c2ccc(CO)cc2)OC(c2cccc(NC(=O)NC34CC5CC(CC(C5)C3)C4)c2)O1. The Morgan fingerprint density at radius 2 is 1.58 bits per heavy atom. The molecule has 7 heteroatoms. The van der Waals surface area contributed by atoms with E-state index in [1.54, 1.807) is 0 Å². The smallest absolute Gasteiger partial charge is 0.319 e. The maximum absolute atomic E-state index is 13.3. The summed E-state index contributed by atoms with van der Waals surface area (Å²) in [5.74, 6) is 2.32. The largest absolute Gasteiger partial charge is 0.392 e. The fourth-order valence-electron chi connectivity index (χ4n) is 8.93. The maximum Gasteiger partial charge on any atom is 0.319 e. The Morgan fingerprint density at radius 1 is 0.889 bits per heavy atom. The first kappa shape index (κ1) is 30.4. The molecule has 4 saturated carbocycles. The van der Waals surface area contributed by atoms with E-state index in [-0.39, 0.29) is 36.4 Å². The number of carbonyl (C=O) groups is 1. The number of rotatable bonds is 9. The highest BCUT2D eigenvalue weighted by molar-refractivity contribution is 5.90. The van der Waals surface area contributed by atoms with E-state index in [0.29, 0.717) is 6.42 Å². The Hall–Kier alpha value is -3.23. The van der Waals surface area contributed by atoms with Gasteiger partial charge in [0.1, 0.15) is 0 Å². The van der Waals surface area contributed by atoms with Crippen LogP contribution in [0.1, 0.15) is 92.6 Å². The molecule has 0 aromatic heterocycles. The van der Waals surface area contributed by atoms with E-state index in [9.17, 15) is 9.90 Å². The lowest BCUT2D eigenvalue weighted by molar-refractivity contribution is -0.253. The molecule has 5 aliphatic rings. The highest BCUT2D eigenvalue weighted by atomic mass is 16.7. The van der Waals surface area contributed by atoms with Gasteiger partial charge in [-0.15, -0.1) is 0 Å². The van der Waals surface area contributed by atoms with Crippen molar-refractivity contribution in [3.8, 4) is 0 Å². The molecule has 238 valence electrons. The van der Waals surface area contributed by atoms with Crippen molar-refractivity contribution in [3.05, 3.63) is 101 Å². The highest BCUT2D eigenvalue weighted by Crippen LogP contribution is 2.55. The number of ether oxygens (including phenoxy) is 2. The van der Waals surface area contributed by atoms with Crippen molar-refractivity contribution in [2.45, 2.75) is 88.6 Å². The summed E-state index contributed by atoms with van der Waals surface area (Å²) in [6.45, 7) is 2.98. The molecule has 4 atom stereocenters. The zero-order valence-corrected chi connectivity index (χ0v) is 26.5. The topological polar surface area (TPSA) is 83.1 Å². The van der Waals surface area contributed by atoms with Crippen molar-refractivity contribution in [2.75, 3.05) is 18.9 Å². The van der Waals surface area contributed by atoms with E-state index in [1.165, 1.54) is 24.8 Å². The lowest BCUT2D eigenvalue weighted by atomic mass is 9.53. The number of aliphatic hydroxyl groups excluding tert-OH is 1. The zero-order chi connectivity index (χ0) is 31.0. The number of aliphatic hydroxyl groups is 1. The molecule has 45 heavy (non-hydrogen) atoms. The number of hydrogen-bond donors (Lipinski definition) is 3. The summed E-state index contributed by atoms with van der Waals surface area (Å²) in [5, 5.41) is 16.1. The number of anilines is 1. The van der Waals surface area contributed by atoms with Crippen molar-refractivity contribution in [1.82, 2.24) is 10.2 Å². The van der Waals surface area contributed by atoms with Crippen LogP contribution >= 0.6 is 0 Å². The maximum atomic E-state index is 13.3. The number of likely N-dealkylation sites (N-methyl/N-ethyl adjacent to an activating group) is 1. The molecule has 1 aliphatic heterocycles. The fraction of sp³-hybridized carbons (Fsp3) is 0.500. The van der Waals surface area contributed by atoms with Gasteiger partial charge < -0.3 is 25.2 Å². The Balaban J connectivity index is 1.06. The lowest BCUT2D eigenvalue weighted by Crippen LogP contribution is -2.60. The molecule has 4 unspecified atom stereocenters. The standard InChI is InChI=1S/C38H47N3O4/c1-25(30-7-4-3-5-8-30)41(2)23-34-19-35(31-13-11-26(24-42)12-14-31)45-36(44-34)32-9-6-10-33(18-32)39-37(43)40-38-20-27-15-28(21-38)17-29(16-27)22-38/h3-14,18,25,27-29,34-36,42H,15-17,19-24H2,1-2H3,(H2,39,40,43). The molecule has 5 fully saturated rings. The summed E-state index contributed by atoms with van der Waals surface area (Å²) in [7, 11) is 2.14. The molecular formula is C38H47N3O4. The fourth-order valence-corrected chi connectivity index (χ4v) is 8.93. The summed E-state index contributed by atoms with van der Waals surface area (Å²) < 4.78 is 13.3. The van der Waals surface area contributed by atoms with Crippen LogP contribution in [0.15, 0.2) is 78.9 Å². The van der Waals surface area contributed by atoms with E-state index in [4.69, 9.17) is 9.47 Å². The number of nitrogens with zero attached hydrogens (tertiary/aromatic N) is 1. The Bertz CT molecular complexity index is 1430. The van der Waals surface area contributed by atoms with Crippen molar-refractivity contribution in [1.29, 1.82) is 0 Å². The number of hydrogen-bond acceptors (Lipinski definition) is 5. The average Bonchev–Trinajstić information content (AvgIpc) is 3.04. The molecule has 7 nitrogen and oxygen atoms in total. The van der Waals surface area contributed by atoms with Crippen LogP contribution < -0.4 is 10.6 Å². The average molecular weight is 610 g/mol. The molecular weight excluding hydrogens is 562 g/mol. The molecule has 3 aromatic rings. The first-order valence-corrected chi connectivity index (χ1v) is 16.8. The van der Waals surface area contributed by atoms with Crippen molar-refractivity contribution in [3.63, 3.8) is 0 Å². The molecule has 0 radical (unpaired) electrons. The molecule has 8 rings (SSSR count). The number of benzene rings is 3. The summed E-state index contributed by atoms with van der Waals surface area (Å²) in [4.78, 5) is 15.7. The molecule has 4 bridgehead atoms. The van der Waals surface area contributed by atoms with Crippen molar-refractivity contribution >= 4 is 11.7 Å². The van der Waals surface area contributed by atoms with Gasteiger partial charge in [0.25, 0.3) is 0 Å². The monoisotopic (exact) mass is 609 g/mol. The number of urea groups is 1. The van der Waals surface area contributed by atoms with Gasteiger partial charge in [-0.3, -0.25) is 4.90 Å². The van der Waals surface area contributed by atoms with Crippen LogP contribution in [-0.4, -0.2) is 41.3 Å². The zero-order valence-electron chi connectivity index (χ0n) is 26.5. The van der Waals surface area contributed by atoms with E-state index < -0.39 is 6.29 Å². The third-order valence-electron chi connectivity index (χ3n) is 10.9. The molecule has 4 aliphatic carbocycles. The van der Waals surface area contributed by atoms with Crippen LogP contribution in [0.3, 0.4) is 0 Å². The van der Waals surface area contributed by atoms with Gasteiger partial charge in [-0.2, -0.15) is 0 Å². The molecule has 1 heterocycles. The van der Waals surface area contributed by atoms with Gasteiger partial charge in [-0.1, -0.05) is 66.7 Å². The normalized spacial score (nSPS) is 31.1. The van der Waals surface area contributed by atoms with Crippen LogP contribution in [-0.2, 0) is 16.1 Å². The lowest BCUT2D eigenvalue weighted by Gasteiger charge is -2.56. The van der Waals surface area contributed by atoms with Gasteiger partial charge in [0.2, 0.25) is 0 Å². The molecule has 3 N–H and O–H groups in total. The van der Waals surface area contributed by atoms with Crippen LogP contribution in [0, 0.1) is 17.8 Å². The van der Waals surface area contributed by atoms with Crippen LogP contribution in [0.5, 0.6) is 0 Å². The van der Waals surface area contributed by atoms with Gasteiger partial charge in [-0.25, -0.2) is 4.79 Å². The molecule has 1 saturated heterocycles. The highest BCUT2D eigenvalue weighted by Gasteiger charge is 2.51. The van der Waals surface area contributed by atoms with Gasteiger partial charge >= 0.3 is 6.03 Å². The number of nitrogens with one attached hydrogen (secondary N) is 2. The van der Waals surface area contributed by atoms with Gasteiger partial charge in [0.15, 0.2) is 6.29 Å². The molecule has 2 amide bonds. The summed E-state index contributed by atoms with van der Waals surface area (Å²) in [6.07, 6.45) is 7.30.